The lowest BCUT2D eigenvalue weighted by Gasteiger charge is -2.21. The molecule has 0 saturated carbocycles. The second kappa shape index (κ2) is 11.0. The molecule has 6 aromatic carbocycles. The van der Waals surface area contributed by atoms with Gasteiger partial charge in [-0.2, -0.15) is 5.10 Å². The van der Waals surface area contributed by atoms with Crippen LogP contribution in [-0.4, -0.2) is 24.7 Å². The molecule has 0 bridgehead atoms. The van der Waals surface area contributed by atoms with Crippen LogP contribution in [0.25, 0.3) is 73.0 Å². The Hall–Kier alpha value is -6.20. The normalized spacial score (nSPS) is 13.0. The molecule has 0 radical (unpaired) electrons. The summed E-state index contributed by atoms with van der Waals surface area (Å²) in [5.74, 6) is 1.94. The summed E-state index contributed by atoms with van der Waals surface area (Å²) in [6.45, 7) is 4.63. The number of hydrogen-bond acceptors (Lipinski definition) is 4. The fourth-order valence-electron chi connectivity index (χ4n) is 7.00. The number of benzene rings is 6. The lowest BCUT2D eigenvalue weighted by atomic mass is 9.82. The summed E-state index contributed by atoms with van der Waals surface area (Å²) in [5, 5.41) is 5.97. The van der Waals surface area contributed by atoms with Crippen LogP contribution in [-0.2, 0) is 5.41 Å². The van der Waals surface area contributed by atoms with Crippen LogP contribution in [0.2, 0.25) is 0 Å². The van der Waals surface area contributed by atoms with Gasteiger partial charge in [-0.25, -0.2) is 19.6 Å². The quantitative estimate of drug-likeness (QED) is 0.193. The van der Waals surface area contributed by atoms with Crippen LogP contribution in [0, 0.1) is 0 Å². The van der Waals surface area contributed by atoms with E-state index in [1.165, 1.54) is 22.3 Å². The van der Waals surface area contributed by atoms with Crippen LogP contribution in [0.3, 0.4) is 0 Å². The maximum atomic E-state index is 4.93. The van der Waals surface area contributed by atoms with Crippen molar-refractivity contribution in [2.75, 3.05) is 0 Å². The van der Waals surface area contributed by atoms with Crippen molar-refractivity contribution in [3.63, 3.8) is 0 Å². The molecule has 0 atom stereocenters. The van der Waals surface area contributed by atoms with E-state index < -0.39 is 0 Å². The molecule has 8 aromatic rings. The molecule has 2 aromatic heterocycles. The third-order valence-corrected chi connectivity index (χ3v) is 9.54. The Morgan fingerprint density at radius 2 is 1.04 bits per heavy atom. The maximum Gasteiger partial charge on any atom is 0.164 e. The van der Waals surface area contributed by atoms with Crippen molar-refractivity contribution in [1.82, 2.24) is 24.7 Å². The summed E-state index contributed by atoms with van der Waals surface area (Å²) in [7, 11) is 0. The van der Waals surface area contributed by atoms with Crippen molar-refractivity contribution in [2.45, 2.75) is 19.3 Å². The van der Waals surface area contributed by atoms with Crippen molar-refractivity contribution in [2.24, 2.45) is 0 Å². The number of hydrogen-bond donors (Lipinski definition) is 0. The van der Waals surface area contributed by atoms with Crippen LogP contribution >= 0.6 is 0 Å². The molecule has 0 saturated heterocycles. The van der Waals surface area contributed by atoms with Gasteiger partial charge in [0.1, 0.15) is 0 Å². The Balaban J connectivity index is 1.07. The second-order valence-corrected chi connectivity index (χ2v) is 12.8. The van der Waals surface area contributed by atoms with Crippen LogP contribution in [0.1, 0.15) is 25.0 Å². The first-order chi connectivity index (χ1) is 23.5. The Bertz CT molecular complexity index is 2400. The minimum absolute atomic E-state index is 0.0632. The summed E-state index contributed by atoms with van der Waals surface area (Å²) >= 11 is 0. The Labute approximate surface area is 279 Å². The van der Waals surface area contributed by atoms with Crippen molar-refractivity contribution in [3.05, 3.63) is 163 Å². The number of rotatable bonds is 5. The van der Waals surface area contributed by atoms with E-state index in [2.05, 4.69) is 103 Å². The number of nitrogens with zero attached hydrogens (tertiary/aromatic N) is 5. The molecule has 0 amide bonds. The monoisotopic (exact) mass is 617 g/mol. The van der Waals surface area contributed by atoms with Crippen molar-refractivity contribution in [3.8, 4) is 62.1 Å². The first kappa shape index (κ1) is 28.1. The molecule has 1 aliphatic carbocycles. The highest BCUT2D eigenvalue weighted by atomic mass is 15.3. The predicted molar refractivity (Wildman–Crippen MR) is 194 cm³/mol. The Kier molecular flexibility index (Phi) is 6.40. The van der Waals surface area contributed by atoms with Gasteiger partial charge in [-0.1, -0.05) is 129 Å². The van der Waals surface area contributed by atoms with Crippen LogP contribution in [0.5, 0.6) is 0 Å². The van der Waals surface area contributed by atoms with E-state index in [9.17, 15) is 0 Å². The first-order valence-corrected chi connectivity index (χ1v) is 16.2. The van der Waals surface area contributed by atoms with Gasteiger partial charge in [-0.3, -0.25) is 0 Å². The van der Waals surface area contributed by atoms with Gasteiger partial charge in [-0.15, -0.1) is 0 Å². The summed E-state index contributed by atoms with van der Waals surface area (Å²) in [6.07, 6.45) is 1.98. The first-order valence-electron chi connectivity index (χ1n) is 16.2. The van der Waals surface area contributed by atoms with Gasteiger partial charge in [0, 0.05) is 27.5 Å². The Morgan fingerprint density at radius 1 is 0.458 bits per heavy atom. The largest absolute Gasteiger partial charge is 0.233 e. The van der Waals surface area contributed by atoms with Crippen molar-refractivity contribution >= 4 is 10.9 Å². The highest BCUT2D eigenvalue weighted by Gasteiger charge is 2.35. The molecule has 48 heavy (non-hydrogen) atoms. The molecular weight excluding hydrogens is 587 g/mol. The lowest BCUT2D eigenvalue weighted by Crippen LogP contribution is -2.15. The molecule has 0 aliphatic heterocycles. The molecule has 5 heteroatoms. The van der Waals surface area contributed by atoms with E-state index in [1.807, 2.05) is 66.9 Å². The molecule has 228 valence electrons. The van der Waals surface area contributed by atoms with E-state index in [-0.39, 0.29) is 5.41 Å². The summed E-state index contributed by atoms with van der Waals surface area (Å²) in [4.78, 5) is 14.7. The Morgan fingerprint density at radius 3 is 1.73 bits per heavy atom. The molecule has 0 spiro atoms. The molecule has 9 rings (SSSR count). The zero-order valence-corrected chi connectivity index (χ0v) is 26.7. The fraction of sp³-hybridized carbons (Fsp3) is 0.0698. The average Bonchev–Trinajstić information content (AvgIpc) is 3.67. The summed E-state index contributed by atoms with van der Waals surface area (Å²) in [6, 6.07) is 50.5. The molecular formula is C43H31N5. The molecule has 1 aliphatic rings. The second-order valence-electron chi connectivity index (χ2n) is 12.8. The summed E-state index contributed by atoms with van der Waals surface area (Å²) < 4.78 is 2.05. The van der Waals surface area contributed by atoms with E-state index in [0.717, 1.165) is 44.4 Å². The van der Waals surface area contributed by atoms with E-state index in [1.54, 1.807) is 0 Å². The van der Waals surface area contributed by atoms with Gasteiger partial charge in [-0.05, 0) is 63.7 Å². The standard InChI is InChI=1S/C43H31N5/c1-43(2)37-19-10-9-18-35(37)36-25-33-27-44-48(39(33)26-38(36)43)34-22-20-28(21-23-34)31-16-11-17-32(24-31)42-46-40(29-12-5-3-6-13-29)45-41(47-42)30-14-7-4-8-15-30/h3-27H,1-2H3. The number of fused-ring (bicyclic) bond motifs is 4. The van der Waals surface area contributed by atoms with Gasteiger partial charge in [0.25, 0.3) is 0 Å². The summed E-state index contributed by atoms with van der Waals surface area (Å²) in [5.41, 5.74) is 12.5. The maximum absolute atomic E-state index is 4.93. The van der Waals surface area contributed by atoms with Crippen LogP contribution in [0.15, 0.2) is 152 Å². The van der Waals surface area contributed by atoms with Crippen LogP contribution < -0.4 is 0 Å². The zero-order chi connectivity index (χ0) is 32.2. The minimum atomic E-state index is -0.0632. The number of aromatic nitrogens is 5. The van der Waals surface area contributed by atoms with Gasteiger partial charge in [0.05, 0.1) is 17.4 Å². The highest BCUT2D eigenvalue weighted by Crippen LogP contribution is 2.49. The minimum Gasteiger partial charge on any atom is -0.233 e. The molecule has 5 nitrogen and oxygen atoms in total. The SMILES string of the molecule is CC1(C)c2ccccc2-c2cc3cnn(-c4ccc(-c5cccc(-c6nc(-c7ccccc7)nc(-c7ccccc7)n6)c5)cc4)c3cc21. The molecule has 0 fully saturated rings. The van der Waals surface area contributed by atoms with E-state index in [4.69, 9.17) is 20.1 Å². The van der Waals surface area contributed by atoms with Crippen molar-refractivity contribution in [1.29, 1.82) is 0 Å². The zero-order valence-electron chi connectivity index (χ0n) is 26.7. The van der Waals surface area contributed by atoms with Gasteiger partial charge in [0.15, 0.2) is 17.5 Å². The fourth-order valence-corrected chi connectivity index (χ4v) is 7.00. The van der Waals surface area contributed by atoms with Gasteiger partial charge < -0.3 is 0 Å². The van der Waals surface area contributed by atoms with E-state index in [0.29, 0.717) is 17.5 Å². The van der Waals surface area contributed by atoms with Gasteiger partial charge in [0.2, 0.25) is 0 Å². The average molecular weight is 618 g/mol. The predicted octanol–water partition coefficient (Wildman–Crippen LogP) is 10.2. The lowest BCUT2D eigenvalue weighted by molar-refractivity contribution is 0.660. The third-order valence-electron chi connectivity index (χ3n) is 9.54. The van der Waals surface area contributed by atoms with Crippen LogP contribution in [0.4, 0.5) is 0 Å². The van der Waals surface area contributed by atoms with Crippen molar-refractivity contribution < 1.29 is 0 Å². The molecule has 0 N–H and O–H groups in total. The third kappa shape index (κ3) is 4.63. The highest BCUT2D eigenvalue weighted by molar-refractivity contribution is 5.92. The molecule has 2 heterocycles. The van der Waals surface area contributed by atoms with E-state index >= 15 is 0 Å². The smallest absolute Gasteiger partial charge is 0.164 e. The van der Waals surface area contributed by atoms with Gasteiger partial charge >= 0.3 is 0 Å². The molecule has 0 unspecified atom stereocenters. The topological polar surface area (TPSA) is 56.5 Å².